The number of benzene rings is 1. The topological polar surface area (TPSA) is 84.4 Å². The van der Waals surface area contributed by atoms with Crippen LogP contribution in [0.2, 0.25) is 0 Å². The van der Waals surface area contributed by atoms with Gasteiger partial charge in [-0.2, -0.15) is 0 Å². The molecular weight excluding hydrogens is 468 g/mol. The van der Waals surface area contributed by atoms with Crippen LogP contribution < -0.4 is 5.32 Å². The summed E-state index contributed by atoms with van der Waals surface area (Å²) in [6.45, 7) is 9.22. The van der Waals surface area contributed by atoms with Gasteiger partial charge in [-0.1, -0.05) is 23.9 Å². The molecule has 0 radical (unpaired) electrons. The lowest BCUT2D eigenvalue weighted by atomic mass is 10.1. The number of rotatable bonds is 8. The summed E-state index contributed by atoms with van der Waals surface area (Å²) in [6.07, 6.45) is 3.39. The lowest BCUT2D eigenvalue weighted by molar-refractivity contribution is -0.133. The third-order valence-electron chi connectivity index (χ3n) is 6.28. The minimum atomic E-state index is -0.209. The number of amides is 2. The van der Waals surface area contributed by atoms with Gasteiger partial charge in [0.25, 0.3) is 0 Å². The van der Waals surface area contributed by atoms with Gasteiger partial charge < -0.3 is 15.0 Å². The first-order chi connectivity index (χ1) is 16.3. The number of carbonyl (C=O) groups is 2. The fourth-order valence-electron chi connectivity index (χ4n) is 4.02. The van der Waals surface area contributed by atoms with E-state index in [1.807, 2.05) is 32.0 Å². The van der Waals surface area contributed by atoms with Crippen molar-refractivity contribution in [1.82, 2.24) is 14.9 Å². The Morgan fingerprint density at radius 1 is 1.21 bits per heavy atom. The second-order valence-corrected chi connectivity index (χ2v) is 10.8. The number of carbonyl (C=O) groups excluding carboxylic acids is 2. The zero-order valence-electron chi connectivity index (χ0n) is 20.0. The van der Waals surface area contributed by atoms with Crippen molar-refractivity contribution < 1.29 is 14.3 Å². The summed E-state index contributed by atoms with van der Waals surface area (Å²) in [5.74, 6) is -0.115. The molecule has 9 heteroatoms. The van der Waals surface area contributed by atoms with Gasteiger partial charge >= 0.3 is 0 Å². The monoisotopic (exact) mass is 498 g/mol. The number of anilines is 1. The summed E-state index contributed by atoms with van der Waals surface area (Å²) in [4.78, 5) is 38.7. The van der Waals surface area contributed by atoms with Crippen molar-refractivity contribution in [2.75, 3.05) is 30.8 Å². The summed E-state index contributed by atoms with van der Waals surface area (Å²) in [7, 11) is 0. The third kappa shape index (κ3) is 5.59. The Labute approximate surface area is 208 Å². The van der Waals surface area contributed by atoms with E-state index in [1.165, 1.54) is 16.6 Å². The zero-order chi connectivity index (χ0) is 24.2. The highest BCUT2D eigenvalue weighted by Crippen LogP contribution is 2.34. The first-order valence-corrected chi connectivity index (χ1v) is 13.2. The number of thiophene rings is 1. The van der Waals surface area contributed by atoms with Crippen molar-refractivity contribution in [3.8, 4) is 0 Å². The molecule has 1 unspecified atom stereocenters. The number of thioether (sulfide) groups is 1. The van der Waals surface area contributed by atoms with Gasteiger partial charge in [0.2, 0.25) is 11.8 Å². The van der Waals surface area contributed by atoms with E-state index in [0.29, 0.717) is 13.2 Å². The molecule has 0 bridgehead atoms. The molecule has 0 aliphatic carbocycles. The van der Waals surface area contributed by atoms with Crippen LogP contribution in [-0.2, 0) is 14.3 Å². The van der Waals surface area contributed by atoms with Gasteiger partial charge in [-0.3, -0.25) is 9.59 Å². The number of nitrogens with one attached hydrogen (secondary N) is 1. The van der Waals surface area contributed by atoms with Gasteiger partial charge in [0, 0.05) is 29.1 Å². The summed E-state index contributed by atoms with van der Waals surface area (Å²) in [6, 6.07) is 5.81. The summed E-state index contributed by atoms with van der Waals surface area (Å²) < 4.78 is 5.76. The van der Waals surface area contributed by atoms with E-state index in [4.69, 9.17) is 4.74 Å². The Kier molecular flexibility index (Phi) is 7.85. The highest BCUT2D eigenvalue weighted by atomic mass is 32.2. The summed E-state index contributed by atoms with van der Waals surface area (Å²) >= 11 is 3.04. The minimum absolute atomic E-state index is 0.0115. The molecule has 1 aliphatic rings. The van der Waals surface area contributed by atoms with Gasteiger partial charge in [-0.25, -0.2) is 9.97 Å². The van der Waals surface area contributed by atoms with E-state index in [0.717, 1.165) is 50.5 Å². The lowest BCUT2D eigenvalue weighted by Crippen LogP contribution is -2.43. The minimum Gasteiger partial charge on any atom is -0.376 e. The molecule has 2 amide bonds. The van der Waals surface area contributed by atoms with Crippen LogP contribution in [0.3, 0.4) is 0 Å². The van der Waals surface area contributed by atoms with E-state index in [9.17, 15) is 9.59 Å². The maximum absolute atomic E-state index is 13.3. The molecule has 34 heavy (non-hydrogen) atoms. The molecule has 1 atom stereocenters. The first kappa shape index (κ1) is 24.6. The normalized spacial score (nSPS) is 15.6. The van der Waals surface area contributed by atoms with Crippen molar-refractivity contribution in [3.63, 3.8) is 0 Å². The molecule has 3 aromatic rings. The number of aromatic nitrogens is 2. The maximum Gasteiger partial charge on any atom is 0.244 e. The highest BCUT2D eigenvalue weighted by molar-refractivity contribution is 8.00. The average molecular weight is 499 g/mol. The quantitative estimate of drug-likeness (QED) is 0.359. The predicted molar refractivity (Wildman–Crippen MR) is 138 cm³/mol. The van der Waals surface area contributed by atoms with E-state index in [2.05, 4.69) is 29.1 Å². The number of fused-ring (bicyclic) bond motifs is 1. The van der Waals surface area contributed by atoms with Crippen LogP contribution in [0.25, 0.3) is 10.2 Å². The van der Waals surface area contributed by atoms with Gasteiger partial charge in [0.05, 0.1) is 18.4 Å². The first-order valence-electron chi connectivity index (χ1n) is 11.4. The smallest absolute Gasteiger partial charge is 0.244 e. The molecule has 2 aromatic heterocycles. The van der Waals surface area contributed by atoms with Crippen LogP contribution in [0.5, 0.6) is 0 Å². The van der Waals surface area contributed by atoms with Crippen LogP contribution in [0.1, 0.15) is 34.4 Å². The summed E-state index contributed by atoms with van der Waals surface area (Å²) in [5, 5.41) is 4.79. The number of aryl methyl sites for hydroxylation is 3. The molecule has 0 spiro atoms. The molecule has 1 fully saturated rings. The Balaban J connectivity index is 1.46. The van der Waals surface area contributed by atoms with Crippen molar-refractivity contribution in [2.24, 2.45) is 0 Å². The SMILES string of the molecule is Cc1cccc(NC(=O)CN(CC2CCCO2)C(=O)CSc2ncnc3sc(C)c(C)c23)c1C. The van der Waals surface area contributed by atoms with Crippen LogP contribution in [-0.4, -0.2) is 58.2 Å². The molecule has 1 aromatic carbocycles. The standard InChI is InChI=1S/C25H30N4O3S2/c1-15-7-5-9-20(16(15)2)28-21(30)12-29(11-19-8-6-10-32-19)22(31)13-33-24-23-17(3)18(4)34-25(23)27-14-26-24/h5,7,9,14,19H,6,8,10-13H2,1-4H3,(H,28,30). The fourth-order valence-corrected chi connectivity index (χ4v) is 6.04. The molecule has 7 nitrogen and oxygen atoms in total. The largest absolute Gasteiger partial charge is 0.376 e. The van der Waals surface area contributed by atoms with Crippen LogP contribution in [0.15, 0.2) is 29.6 Å². The molecule has 4 rings (SSSR count). The van der Waals surface area contributed by atoms with E-state index < -0.39 is 0 Å². The Morgan fingerprint density at radius 2 is 2.03 bits per heavy atom. The number of nitrogens with zero attached hydrogens (tertiary/aromatic N) is 3. The van der Waals surface area contributed by atoms with Gasteiger partial charge in [-0.05, 0) is 63.3 Å². The molecule has 3 heterocycles. The number of hydrogen-bond donors (Lipinski definition) is 1. The van der Waals surface area contributed by atoms with Crippen molar-refractivity contribution in [1.29, 1.82) is 0 Å². The van der Waals surface area contributed by atoms with Crippen LogP contribution >= 0.6 is 23.1 Å². The van der Waals surface area contributed by atoms with E-state index in [1.54, 1.807) is 22.6 Å². The molecule has 1 aliphatic heterocycles. The molecular formula is C25H30N4O3S2. The maximum atomic E-state index is 13.3. The third-order valence-corrected chi connectivity index (χ3v) is 8.37. The highest BCUT2D eigenvalue weighted by Gasteiger charge is 2.25. The lowest BCUT2D eigenvalue weighted by Gasteiger charge is -2.25. The Bertz CT molecular complexity index is 1200. The molecule has 180 valence electrons. The van der Waals surface area contributed by atoms with Gasteiger partial charge in [0.15, 0.2) is 0 Å². The van der Waals surface area contributed by atoms with E-state index in [-0.39, 0.29) is 30.2 Å². The molecule has 1 saturated heterocycles. The Morgan fingerprint density at radius 3 is 2.79 bits per heavy atom. The molecule has 1 N–H and O–H groups in total. The fraction of sp³-hybridized carbons (Fsp3) is 0.440. The Hall–Kier alpha value is -2.49. The van der Waals surface area contributed by atoms with E-state index >= 15 is 0 Å². The molecule has 0 saturated carbocycles. The number of hydrogen-bond acceptors (Lipinski definition) is 7. The van der Waals surface area contributed by atoms with Crippen molar-refractivity contribution in [2.45, 2.75) is 51.7 Å². The average Bonchev–Trinajstić information content (AvgIpc) is 3.42. The summed E-state index contributed by atoms with van der Waals surface area (Å²) in [5.41, 5.74) is 4.06. The second kappa shape index (κ2) is 10.8. The zero-order valence-corrected chi connectivity index (χ0v) is 21.6. The van der Waals surface area contributed by atoms with Crippen LogP contribution in [0, 0.1) is 27.7 Å². The van der Waals surface area contributed by atoms with Crippen molar-refractivity contribution >= 4 is 50.8 Å². The van der Waals surface area contributed by atoms with Crippen LogP contribution in [0.4, 0.5) is 5.69 Å². The number of ether oxygens (including phenoxy) is 1. The van der Waals surface area contributed by atoms with Gasteiger partial charge in [0.1, 0.15) is 16.2 Å². The van der Waals surface area contributed by atoms with Crippen molar-refractivity contribution in [3.05, 3.63) is 46.1 Å². The predicted octanol–water partition coefficient (Wildman–Crippen LogP) is 4.66. The van der Waals surface area contributed by atoms with Gasteiger partial charge in [-0.15, -0.1) is 11.3 Å². The second-order valence-electron chi connectivity index (χ2n) is 8.64.